The molecule has 0 bridgehead atoms. The summed E-state index contributed by atoms with van der Waals surface area (Å²) in [5.74, 6) is 0. The first kappa shape index (κ1) is 24.8. The standard InChI is InChI=1S/C10H7N4.C9H13.2ClH.Zr/c1-2-4-9-6-10(5-8(9)3-1)14-7-11-12-13-14;1-2-3-6-9-7-4-5-8-9;;;/h1-7H;4,7H,2-3,5-6H2,1H3;2*1H;/q2*-1;;;+4/p-2. The molecular weight excluding hydrogens is 446 g/mol. The van der Waals surface area contributed by atoms with E-state index in [1.54, 1.807) is 11.0 Å². The predicted molar refractivity (Wildman–Crippen MR) is 92.3 cm³/mol. The zero-order valence-corrected chi connectivity index (χ0v) is 18.5. The Morgan fingerprint density at radius 3 is 2.65 bits per heavy atom. The summed E-state index contributed by atoms with van der Waals surface area (Å²) in [5.41, 5.74) is 2.41. The molecule has 0 unspecified atom stereocenters. The van der Waals surface area contributed by atoms with Gasteiger partial charge in [0.15, 0.2) is 0 Å². The molecule has 4 nitrogen and oxygen atoms in total. The summed E-state index contributed by atoms with van der Waals surface area (Å²) in [6, 6.07) is 12.3. The number of hydrogen-bond donors (Lipinski definition) is 0. The molecule has 7 heteroatoms. The number of benzene rings is 1. The maximum absolute atomic E-state index is 3.84. The van der Waals surface area contributed by atoms with Crippen LogP contribution in [0.25, 0.3) is 16.5 Å². The van der Waals surface area contributed by atoms with E-state index in [0.717, 1.165) is 12.1 Å². The van der Waals surface area contributed by atoms with Crippen LogP contribution in [0.4, 0.5) is 0 Å². The smallest absolute Gasteiger partial charge is 1.00 e. The quantitative estimate of drug-likeness (QED) is 0.436. The third-order valence-corrected chi connectivity index (χ3v) is 3.78. The van der Waals surface area contributed by atoms with Crippen LogP contribution in [-0.4, -0.2) is 20.2 Å². The minimum absolute atomic E-state index is 0. The second-order valence-electron chi connectivity index (χ2n) is 5.51. The van der Waals surface area contributed by atoms with Crippen molar-refractivity contribution in [3.8, 4) is 5.69 Å². The Bertz CT molecular complexity index is 777. The molecule has 0 amide bonds. The van der Waals surface area contributed by atoms with E-state index in [9.17, 15) is 0 Å². The van der Waals surface area contributed by atoms with Crippen LogP contribution in [-0.2, 0) is 26.2 Å². The fraction of sp³-hybridized carbons (Fsp3) is 0.263. The van der Waals surface area contributed by atoms with E-state index >= 15 is 0 Å². The molecule has 1 aliphatic carbocycles. The Labute approximate surface area is 186 Å². The van der Waals surface area contributed by atoms with Crippen LogP contribution in [0.3, 0.4) is 0 Å². The number of nitrogens with zero attached hydrogens (tertiary/aromatic N) is 4. The number of unbranched alkanes of at least 4 members (excludes halogenated alkanes) is 1. The van der Waals surface area contributed by atoms with Crippen molar-refractivity contribution in [3.63, 3.8) is 0 Å². The van der Waals surface area contributed by atoms with E-state index in [-0.39, 0.29) is 51.0 Å². The topological polar surface area (TPSA) is 43.6 Å². The van der Waals surface area contributed by atoms with Gasteiger partial charge in [-0.05, 0) is 16.1 Å². The van der Waals surface area contributed by atoms with Crippen LogP contribution >= 0.6 is 0 Å². The molecule has 0 radical (unpaired) electrons. The van der Waals surface area contributed by atoms with Crippen molar-refractivity contribution in [2.24, 2.45) is 0 Å². The summed E-state index contributed by atoms with van der Waals surface area (Å²) in [6.07, 6.45) is 14.1. The van der Waals surface area contributed by atoms with Gasteiger partial charge in [0, 0.05) is 0 Å². The molecule has 0 saturated carbocycles. The Kier molecular flexibility index (Phi) is 12.5. The first-order valence-corrected chi connectivity index (χ1v) is 8.02. The van der Waals surface area contributed by atoms with Crippen molar-refractivity contribution in [1.29, 1.82) is 0 Å². The minimum Gasteiger partial charge on any atom is -1.00 e. The molecule has 2 aromatic carbocycles. The third kappa shape index (κ3) is 6.87. The van der Waals surface area contributed by atoms with E-state index in [2.05, 4.69) is 64.9 Å². The Morgan fingerprint density at radius 1 is 1.23 bits per heavy atom. The van der Waals surface area contributed by atoms with Crippen LogP contribution in [0.1, 0.15) is 32.6 Å². The van der Waals surface area contributed by atoms with Gasteiger partial charge in [0.25, 0.3) is 0 Å². The van der Waals surface area contributed by atoms with E-state index in [1.807, 2.05) is 12.1 Å². The van der Waals surface area contributed by atoms with Crippen LogP contribution in [0.5, 0.6) is 0 Å². The van der Waals surface area contributed by atoms with Gasteiger partial charge in [0.2, 0.25) is 0 Å². The summed E-state index contributed by atoms with van der Waals surface area (Å²) < 4.78 is 1.65. The zero-order valence-electron chi connectivity index (χ0n) is 14.6. The predicted octanol–water partition coefficient (Wildman–Crippen LogP) is -1.59. The molecule has 26 heavy (non-hydrogen) atoms. The zero-order chi connectivity index (χ0) is 15.9. The normalized spacial score (nSPS) is 11.5. The second-order valence-corrected chi connectivity index (χ2v) is 5.51. The molecule has 0 fully saturated rings. The van der Waals surface area contributed by atoms with Crippen LogP contribution < -0.4 is 24.8 Å². The van der Waals surface area contributed by atoms with Crippen molar-refractivity contribution >= 4 is 10.8 Å². The molecule has 1 heterocycles. The number of tetrazole rings is 1. The van der Waals surface area contributed by atoms with Gasteiger partial charge >= 0.3 is 26.2 Å². The van der Waals surface area contributed by atoms with Crippen LogP contribution in [0, 0.1) is 6.08 Å². The molecule has 1 aliphatic rings. The van der Waals surface area contributed by atoms with Crippen LogP contribution in [0.15, 0.2) is 60.5 Å². The Morgan fingerprint density at radius 2 is 2.04 bits per heavy atom. The summed E-state index contributed by atoms with van der Waals surface area (Å²) in [5, 5.41) is 13.5. The van der Waals surface area contributed by atoms with Crippen molar-refractivity contribution in [3.05, 3.63) is 66.5 Å². The van der Waals surface area contributed by atoms with Gasteiger partial charge in [-0.3, -0.25) is 6.08 Å². The van der Waals surface area contributed by atoms with E-state index in [0.29, 0.717) is 0 Å². The van der Waals surface area contributed by atoms with Gasteiger partial charge in [-0.15, -0.1) is 52.6 Å². The van der Waals surface area contributed by atoms with Crippen molar-refractivity contribution in [1.82, 2.24) is 20.2 Å². The molecule has 3 aromatic rings. The number of halogens is 2. The van der Waals surface area contributed by atoms with Crippen molar-refractivity contribution < 1.29 is 51.0 Å². The molecule has 1 aromatic heterocycles. The maximum atomic E-state index is 3.84. The molecule has 4 rings (SSSR count). The SMILES string of the molecule is CCCCC1=[C-]CC=C1.[Cl-].[Cl-].[Zr+4].c1ccc2[cH-]c(-n3cnnn3)cc2c1. The molecule has 0 aliphatic heterocycles. The average Bonchev–Trinajstić information content (AvgIpc) is 3.34. The fourth-order valence-electron chi connectivity index (χ4n) is 2.54. The third-order valence-electron chi connectivity index (χ3n) is 3.78. The molecular formula is C19H20Cl2N4Zr. The first-order chi connectivity index (χ1) is 11.4. The molecule has 0 N–H and O–H groups in total. The van der Waals surface area contributed by atoms with Gasteiger partial charge in [-0.2, -0.15) is 6.08 Å². The summed E-state index contributed by atoms with van der Waals surface area (Å²) in [4.78, 5) is 0. The van der Waals surface area contributed by atoms with Gasteiger partial charge in [0.05, 0.1) is 0 Å². The average molecular weight is 467 g/mol. The second kappa shape index (κ2) is 13.1. The monoisotopic (exact) mass is 464 g/mol. The van der Waals surface area contributed by atoms with Crippen LogP contribution in [0.2, 0.25) is 0 Å². The largest absolute Gasteiger partial charge is 4.00 e. The van der Waals surface area contributed by atoms with Crippen molar-refractivity contribution in [2.75, 3.05) is 0 Å². The minimum atomic E-state index is 0. The van der Waals surface area contributed by atoms with E-state index in [1.165, 1.54) is 35.6 Å². The van der Waals surface area contributed by atoms with Gasteiger partial charge < -0.3 is 24.8 Å². The number of allylic oxidation sites excluding steroid dienone is 4. The summed E-state index contributed by atoms with van der Waals surface area (Å²) in [6.45, 7) is 2.22. The van der Waals surface area contributed by atoms with E-state index < -0.39 is 0 Å². The number of fused-ring (bicyclic) bond motifs is 1. The number of aromatic nitrogens is 4. The molecule has 134 valence electrons. The molecule has 0 spiro atoms. The number of rotatable bonds is 4. The van der Waals surface area contributed by atoms with Gasteiger partial charge in [-0.1, -0.05) is 32.3 Å². The van der Waals surface area contributed by atoms with Gasteiger partial charge in [-0.25, -0.2) is 16.3 Å². The Hall–Kier alpha value is -1.16. The number of hydrogen-bond acceptors (Lipinski definition) is 3. The molecule has 0 saturated heterocycles. The molecule has 0 atom stereocenters. The summed E-state index contributed by atoms with van der Waals surface area (Å²) in [7, 11) is 0. The summed E-state index contributed by atoms with van der Waals surface area (Å²) >= 11 is 0. The fourth-order valence-corrected chi connectivity index (χ4v) is 2.54. The maximum Gasteiger partial charge on any atom is 4.00 e. The van der Waals surface area contributed by atoms with Gasteiger partial charge in [0.1, 0.15) is 6.33 Å². The Balaban J connectivity index is 0.000000466. The van der Waals surface area contributed by atoms with Crippen molar-refractivity contribution in [2.45, 2.75) is 32.6 Å². The first-order valence-electron chi connectivity index (χ1n) is 8.02. The van der Waals surface area contributed by atoms with E-state index in [4.69, 9.17) is 0 Å².